The normalized spacial score (nSPS) is 11.5. The molecule has 2 N–H and O–H groups in total. The van der Waals surface area contributed by atoms with Crippen LogP contribution in [0.1, 0.15) is 0 Å². The van der Waals surface area contributed by atoms with Gasteiger partial charge in [-0.1, -0.05) is 23.7 Å². The van der Waals surface area contributed by atoms with Crippen molar-refractivity contribution in [2.45, 2.75) is 0 Å². The topological polar surface area (TPSA) is 82.9 Å². The Bertz CT molecular complexity index is 1100. The summed E-state index contributed by atoms with van der Waals surface area (Å²) < 4.78 is 5.22. The summed E-state index contributed by atoms with van der Waals surface area (Å²) in [7, 11) is 1.59. The predicted octanol–water partition coefficient (Wildman–Crippen LogP) is 6.07. The third kappa shape index (κ3) is 3.14. The van der Waals surface area contributed by atoms with E-state index in [-0.39, 0.29) is 5.88 Å². The van der Waals surface area contributed by atoms with Crippen LogP contribution in [0.2, 0.25) is 5.02 Å². The quantitative estimate of drug-likeness (QED) is 0.418. The number of hydrogen-bond acceptors (Lipinski definition) is 6. The van der Waals surface area contributed by atoms with Crippen molar-refractivity contribution in [1.82, 2.24) is 9.97 Å². The van der Waals surface area contributed by atoms with Crippen LogP contribution in [0, 0.1) is 0 Å². The minimum atomic E-state index is -0.0496. The van der Waals surface area contributed by atoms with Crippen LogP contribution in [0.4, 0.5) is 10.8 Å². The molecule has 0 aliphatic heterocycles. The van der Waals surface area contributed by atoms with Gasteiger partial charge in [0.2, 0.25) is 11.0 Å². The molecule has 130 valence electrons. The van der Waals surface area contributed by atoms with Gasteiger partial charge >= 0.3 is 0 Å². The lowest BCUT2D eigenvalue weighted by molar-refractivity contribution is 0.415. The number of ether oxygens (including phenoxy) is 1. The number of benzene rings is 2. The summed E-state index contributed by atoms with van der Waals surface area (Å²) in [5, 5.41) is 22.2. The molecule has 26 heavy (non-hydrogen) atoms. The second-order valence-corrected chi connectivity index (χ2v) is 6.73. The molecule has 0 bridgehead atoms. The van der Waals surface area contributed by atoms with Gasteiger partial charge in [0.05, 0.1) is 18.3 Å². The van der Waals surface area contributed by atoms with E-state index in [1.165, 1.54) is 11.3 Å². The third-order valence-corrected chi connectivity index (χ3v) is 4.80. The van der Waals surface area contributed by atoms with Crippen LogP contribution in [-0.4, -0.2) is 22.2 Å². The summed E-state index contributed by atoms with van der Waals surface area (Å²) in [6.07, 6.45) is 0. The Morgan fingerprint density at radius 1 is 1.15 bits per heavy atom. The highest BCUT2D eigenvalue weighted by atomic mass is 35.5. The average Bonchev–Trinajstić information content (AvgIpc) is 3.24. The Balaban J connectivity index is 1.65. The number of aromatic hydroxyl groups is 1. The van der Waals surface area contributed by atoms with Crippen LogP contribution in [0.3, 0.4) is 0 Å². The van der Waals surface area contributed by atoms with Crippen LogP contribution in [-0.2, 0) is 0 Å². The number of nitrogens with one attached hydrogen (secondary N) is 1. The molecule has 0 fully saturated rings. The molecule has 8 heteroatoms. The maximum Gasteiger partial charge on any atom is 0.230 e. The van der Waals surface area contributed by atoms with Gasteiger partial charge in [0.1, 0.15) is 5.75 Å². The van der Waals surface area contributed by atoms with Gasteiger partial charge < -0.3 is 14.8 Å². The first-order valence-electron chi connectivity index (χ1n) is 7.66. The van der Waals surface area contributed by atoms with Crippen molar-refractivity contribution >= 4 is 44.7 Å². The number of rotatable bonds is 4. The molecule has 0 aliphatic rings. The van der Waals surface area contributed by atoms with E-state index in [0.717, 1.165) is 22.2 Å². The molecule has 0 radical (unpaired) electrons. The van der Waals surface area contributed by atoms with Crippen molar-refractivity contribution in [3.05, 3.63) is 52.9 Å². The number of hydrogen-bond donors (Lipinski definition) is 2. The molecule has 4 rings (SSSR count). The second kappa shape index (κ2) is 6.78. The van der Waals surface area contributed by atoms with Crippen molar-refractivity contribution in [2.75, 3.05) is 7.11 Å². The number of methoxy groups -OCH3 is 1. The van der Waals surface area contributed by atoms with E-state index in [4.69, 9.17) is 16.3 Å². The highest BCUT2D eigenvalue weighted by Crippen LogP contribution is 2.38. The van der Waals surface area contributed by atoms with Crippen molar-refractivity contribution < 1.29 is 9.84 Å². The summed E-state index contributed by atoms with van der Waals surface area (Å²) in [6.45, 7) is 0. The second-order valence-electron chi connectivity index (χ2n) is 5.46. The fourth-order valence-electron chi connectivity index (χ4n) is 2.53. The Morgan fingerprint density at radius 3 is 2.73 bits per heavy atom. The number of aromatic nitrogens is 2. The molecule has 2 aromatic carbocycles. The monoisotopic (exact) mass is 384 g/mol. The van der Waals surface area contributed by atoms with E-state index in [1.54, 1.807) is 19.2 Å². The minimum Gasteiger partial charge on any atom is -0.497 e. The number of thiazole rings is 1. The lowest BCUT2D eigenvalue weighted by Crippen LogP contribution is -1.80. The van der Waals surface area contributed by atoms with Crippen LogP contribution in [0.25, 0.3) is 22.2 Å². The van der Waals surface area contributed by atoms with Gasteiger partial charge in [-0.2, -0.15) is 0 Å². The maximum atomic E-state index is 10.1. The van der Waals surface area contributed by atoms with Crippen molar-refractivity contribution in [2.24, 2.45) is 10.2 Å². The molecule has 6 nitrogen and oxygen atoms in total. The molecule has 0 atom stereocenters. The predicted molar refractivity (Wildman–Crippen MR) is 103 cm³/mol. The first-order chi connectivity index (χ1) is 12.6. The van der Waals surface area contributed by atoms with Gasteiger partial charge in [0, 0.05) is 21.4 Å². The molecule has 0 saturated carbocycles. The van der Waals surface area contributed by atoms with E-state index in [2.05, 4.69) is 20.2 Å². The molecule has 2 aromatic heterocycles. The first kappa shape index (κ1) is 16.6. The number of H-pyrrole nitrogens is 1. The minimum absolute atomic E-state index is 0.0496. The zero-order valence-corrected chi connectivity index (χ0v) is 15.2. The Hall–Kier alpha value is -2.90. The zero-order valence-electron chi connectivity index (χ0n) is 13.6. The van der Waals surface area contributed by atoms with E-state index in [9.17, 15) is 5.11 Å². The van der Waals surface area contributed by atoms with Gasteiger partial charge in [0.25, 0.3) is 0 Å². The molecule has 0 saturated heterocycles. The fourth-order valence-corrected chi connectivity index (χ4v) is 3.30. The van der Waals surface area contributed by atoms with Crippen LogP contribution in [0.15, 0.2) is 58.1 Å². The summed E-state index contributed by atoms with van der Waals surface area (Å²) in [6, 6.07) is 12.8. The Kier molecular flexibility index (Phi) is 4.32. The molecule has 2 heterocycles. The van der Waals surface area contributed by atoms with E-state index >= 15 is 0 Å². The van der Waals surface area contributed by atoms with Crippen LogP contribution in [0.5, 0.6) is 11.6 Å². The van der Waals surface area contributed by atoms with E-state index in [1.807, 2.05) is 35.7 Å². The fraction of sp³-hybridized carbons (Fsp3) is 0.0556. The molecular formula is C18H13ClN4O2S. The number of halogens is 1. The van der Waals surface area contributed by atoms with Crippen LogP contribution >= 0.6 is 22.9 Å². The highest BCUT2D eigenvalue weighted by molar-refractivity contribution is 7.13. The zero-order chi connectivity index (χ0) is 18.1. The lowest BCUT2D eigenvalue weighted by Gasteiger charge is -1.98. The number of nitrogens with zero attached hydrogens (tertiary/aromatic N) is 3. The number of fused-ring (bicyclic) bond motifs is 1. The van der Waals surface area contributed by atoms with Gasteiger partial charge in [-0.15, -0.1) is 21.6 Å². The largest absolute Gasteiger partial charge is 0.497 e. The van der Waals surface area contributed by atoms with Gasteiger partial charge in [-0.25, -0.2) is 4.98 Å². The molecular weight excluding hydrogens is 372 g/mol. The summed E-state index contributed by atoms with van der Waals surface area (Å²) in [5.74, 6) is 0.624. The van der Waals surface area contributed by atoms with Gasteiger partial charge in [-0.3, -0.25) is 0 Å². The van der Waals surface area contributed by atoms with E-state index in [0.29, 0.717) is 21.6 Å². The summed E-state index contributed by atoms with van der Waals surface area (Å²) in [4.78, 5) is 7.32. The smallest absolute Gasteiger partial charge is 0.230 e. The number of azo groups is 1. The molecule has 0 unspecified atom stereocenters. The van der Waals surface area contributed by atoms with E-state index < -0.39 is 0 Å². The molecule has 0 aliphatic carbocycles. The Labute approximate surface area is 157 Å². The summed E-state index contributed by atoms with van der Waals surface area (Å²) >= 11 is 7.28. The first-order valence-corrected chi connectivity index (χ1v) is 8.91. The van der Waals surface area contributed by atoms with Crippen molar-refractivity contribution in [3.63, 3.8) is 0 Å². The molecule has 0 spiro atoms. The van der Waals surface area contributed by atoms with Gasteiger partial charge in [0.15, 0.2) is 5.69 Å². The SMILES string of the molecule is COc1ccc2[nH]c(O)c(N=Nc3nc(-c4ccc(Cl)cc4)cs3)c2c1. The molecule has 0 amide bonds. The lowest BCUT2D eigenvalue weighted by atomic mass is 10.2. The average molecular weight is 385 g/mol. The van der Waals surface area contributed by atoms with Gasteiger partial charge in [-0.05, 0) is 30.3 Å². The standard InChI is InChI=1S/C18H13ClN4O2S/c1-25-12-6-7-14-13(8-12)16(17(24)20-14)22-23-18-21-15(9-26-18)10-2-4-11(19)5-3-10/h2-9,20,24H,1H3. The third-order valence-electron chi connectivity index (χ3n) is 3.83. The number of aromatic amines is 1. The van der Waals surface area contributed by atoms with Crippen molar-refractivity contribution in [1.29, 1.82) is 0 Å². The van der Waals surface area contributed by atoms with Crippen molar-refractivity contribution in [3.8, 4) is 22.9 Å². The summed E-state index contributed by atoms with van der Waals surface area (Å²) in [5.41, 5.74) is 2.84. The van der Waals surface area contributed by atoms with Crippen LogP contribution < -0.4 is 4.74 Å². The highest BCUT2D eigenvalue weighted by Gasteiger charge is 2.12. The Morgan fingerprint density at radius 2 is 1.96 bits per heavy atom. The molecule has 4 aromatic rings. The maximum absolute atomic E-state index is 10.1.